The highest BCUT2D eigenvalue weighted by molar-refractivity contribution is 6.36. The second-order valence-electron chi connectivity index (χ2n) is 7.93. The van der Waals surface area contributed by atoms with Gasteiger partial charge in [0, 0.05) is 28.4 Å². The minimum atomic E-state index is -1.37. The van der Waals surface area contributed by atoms with Crippen LogP contribution in [0, 0.1) is 23.1 Å². The van der Waals surface area contributed by atoms with Crippen LogP contribution in [-0.2, 0) is 5.44 Å². The Morgan fingerprint density at radius 1 is 1.00 bits per heavy atom. The van der Waals surface area contributed by atoms with Crippen molar-refractivity contribution < 1.29 is 8.78 Å². The van der Waals surface area contributed by atoms with Gasteiger partial charge in [0.1, 0.15) is 19.6 Å². The van der Waals surface area contributed by atoms with E-state index in [1.54, 1.807) is 36.4 Å². The van der Waals surface area contributed by atoms with Crippen molar-refractivity contribution >= 4 is 59.0 Å². The quantitative estimate of drug-likeness (QED) is 0.197. The summed E-state index contributed by atoms with van der Waals surface area (Å²) in [5.74, 6) is -2.39. The van der Waals surface area contributed by atoms with Crippen LogP contribution < -0.4 is 10.6 Å². The number of anilines is 3. The van der Waals surface area contributed by atoms with E-state index in [2.05, 4.69) is 36.0 Å². The molecule has 2 aromatic carbocycles. The maximum atomic E-state index is 13.8. The van der Waals surface area contributed by atoms with Crippen LogP contribution in [0.2, 0.25) is 10.0 Å². The van der Waals surface area contributed by atoms with Gasteiger partial charge in [0.2, 0.25) is 5.95 Å². The van der Waals surface area contributed by atoms with Gasteiger partial charge in [0.05, 0.1) is 45.3 Å². The van der Waals surface area contributed by atoms with Crippen molar-refractivity contribution in [1.29, 1.82) is 5.26 Å². The topological polar surface area (TPSA) is 115 Å². The molecule has 0 bridgehead atoms. The Bertz CT molecular complexity index is 1660. The maximum Gasteiger partial charge on any atom is 0.249 e. The van der Waals surface area contributed by atoms with Gasteiger partial charge in [-0.3, -0.25) is 4.98 Å². The molecule has 0 amide bonds. The summed E-state index contributed by atoms with van der Waals surface area (Å²) in [6, 6.07) is 13.1. The SMILES string of the molecule is [B]C(Nc1cc(Cl)c2ncc(C#N)c(Nc3cnc(F)c(F)c3)c2c1)(c1ccc(Cl)cc1)c1cn[nH]n1. The van der Waals surface area contributed by atoms with E-state index in [4.69, 9.17) is 31.0 Å². The molecular formula is C24H13BCl2F2N8. The Labute approximate surface area is 220 Å². The van der Waals surface area contributed by atoms with Gasteiger partial charge in [0.25, 0.3) is 0 Å². The smallest absolute Gasteiger partial charge is 0.249 e. The lowest BCUT2D eigenvalue weighted by Gasteiger charge is -2.32. The number of aromatic nitrogens is 5. The van der Waals surface area contributed by atoms with Gasteiger partial charge < -0.3 is 10.6 Å². The zero-order valence-electron chi connectivity index (χ0n) is 18.6. The minimum Gasteiger partial charge on any atom is -0.378 e. The van der Waals surface area contributed by atoms with Crippen LogP contribution >= 0.6 is 23.2 Å². The zero-order chi connectivity index (χ0) is 26.2. The summed E-state index contributed by atoms with van der Waals surface area (Å²) < 4.78 is 27.1. The number of fused-ring (bicyclic) bond motifs is 1. The maximum absolute atomic E-state index is 13.8. The second kappa shape index (κ2) is 9.65. The second-order valence-corrected chi connectivity index (χ2v) is 8.77. The molecular weight excluding hydrogens is 520 g/mol. The van der Waals surface area contributed by atoms with E-state index >= 15 is 0 Å². The molecule has 0 saturated heterocycles. The van der Waals surface area contributed by atoms with Gasteiger partial charge in [0.15, 0.2) is 5.82 Å². The van der Waals surface area contributed by atoms with E-state index in [9.17, 15) is 14.0 Å². The van der Waals surface area contributed by atoms with Crippen molar-refractivity contribution in [2.45, 2.75) is 5.44 Å². The Morgan fingerprint density at radius 3 is 2.46 bits per heavy atom. The van der Waals surface area contributed by atoms with Gasteiger partial charge in [-0.15, -0.1) is 0 Å². The number of benzene rings is 2. The molecule has 0 aliphatic carbocycles. The summed E-state index contributed by atoms with van der Waals surface area (Å²) >= 11 is 12.6. The number of hydrogen-bond acceptors (Lipinski definition) is 7. The van der Waals surface area contributed by atoms with E-state index in [-0.39, 0.29) is 22.0 Å². The summed E-state index contributed by atoms with van der Waals surface area (Å²) in [7, 11) is 6.82. The Balaban J connectivity index is 1.65. The Hall–Kier alpha value is -4.27. The van der Waals surface area contributed by atoms with E-state index < -0.39 is 17.2 Å². The fraction of sp³-hybridized carbons (Fsp3) is 0.0417. The van der Waals surface area contributed by atoms with Gasteiger partial charge in [-0.25, -0.2) is 9.37 Å². The molecule has 2 radical (unpaired) electrons. The molecule has 0 fully saturated rings. The molecule has 0 aliphatic heterocycles. The minimum absolute atomic E-state index is 0.120. The highest BCUT2D eigenvalue weighted by atomic mass is 35.5. The summed E-state index contributed by atoms with van der Waals surface area (Å²) in [5.41, 5.74) is 0.959. The number of nitrogens with zero attached hydrogens (tertiary/aromatic N) is 5. The van der Waals surface area contributed by atoms with Gasteiger partial charge in [-0.2, -0.15) is 25.1 Å². The summed E-state index contributed by atoms with van der Waals surface area (Å²) in [6.45, 7) is 0. The Morgan fingerprint density at radius 2 is 1.78 bits per heavy atom. The van der Waals surface area contributed by atoms with Gasteiger partial charge in [-0.05, 0) is 29.8 Å². The average Bonchev–Trinajstić information content (AvgIpc) is 3.43. The third kappa shape index (κ3) is 4.64. The van der Waals surface area contributed by atoms with E-state index in [0.29, 0.717) is 32.9 Å². The molecule has 8 nitrogen and oxygen atoms in total. The lowest BCUT2D eigenvalue weighted by Crippen LogP contribution is -2.37. The predicted molar refractivity (Wildman–Crippen MR) is 137 cm³/mol. The summed E-state index contributed by atoms with van der Waals surface area (Å²) in [6.07, 6.45) is 3.90. The van der Waals surface area contributed by atoms with Crippen LogP contribution in [0.3, 0.4) is 0 Å². The van der Waals surface area contributed by atoms with E-state index in [0.717, 1.165) is 12.3 Å². The van der Waals surface area contributed by atoms with E-state index in [1.165, 1.54) is 12.4 Å². The van der Waals surface area contributed by atoms with Gasteiger partial charge >= 0.3 is 0 Å². The normalized spacial score (nSPS) is 12.6. The number of rotatable bonds is 6. The summed E-state index contributed by atoms with van der Waals surface area (Å²) in [4.78, 5) is 7.67. The zero-order valence-corrected chi connectivity index (χ0v) is 20.1. The fourth-order valence-electron chi connectivity index (χ4n) is 3.80. The molecule has 0 spiro atoms. The van der Waals surface area contributed by atoms with E-state index in [1.807, 2.05) is 6.07 Å². The lowest BCUT2D eigenvalue weighted by molar-refractivity contribution is 0.480. The molecule has 5 aromatic rings. The van der Waals surface area contributed by atoms with Crippen molar-refractivity contribution in [3.05, 3.63) is 99.7 Å². The fourth-order valence-corrected chi connectivity index (χ4v) is 4.20. The first-order valence-corrected chi connectivity index (χ1v) is 11.3. The van der Waals surface area contributed by atoms with Crippen LogP contribution in [0.15, 0.2) is 61.1 Å². The number of nitriles is 1. The van der Waals surface area contributed by atoms with Crippen LogP contribution in [0.1, 0.15) is 16.8 Å². The summed E-state index contributed by atoms with van der Waals surface area (Å²) in [5, 5.41) is 27.6. The van der Waals surface area contributed by atoms with Gasteiger partial charge in [-0.1, -0.05) is 35.3 Å². The number of H-pyrrole nitrogens is 1. The molecule has 0 aliphatic rings. The highest BCUT2D eigenvalue weighted by Crippen LogP contribution is 2.37. The third-order valence-electron chi connectivity index (χ3n) is 5.57. The molecule has 180 valence electrons. The number of aromatic amines is 1. The van der Waals surface area contributed by atoms with Crippen LogP contribution in [-0.4, -0.2) is 33.2 Å². The van der Waals surface area contributed by atoms with Crippen molar-refractivity contribution in [3.63, 3.8) is 0 Å². The van der Waals surface area contributed by atoms with Crippen molar-refractivity contribution in [2.75, 3.05) is 10.6 Å². The number of halogens is 4. The Kier molecular flexibility index (Phi) is 6.37. The molecule has 1 atom stereocenters. The predicted octanol–water partition coefficient (Wildman–Crippen LogP) is 5.43. The van der Waals surface area contributed by atoms with Crippen molar-refractivity contribution in [3.8, 4) is 6.07 Å². The largest absolute Gasteiger partial charge is 0.378 e. The molecule has 3 N–H and O–H groups in total. The third-order valence-corrected chi connectivity index (χ3v) is 6.11. The number of pyridine rings is 2. The number of hydrogen-bond donors (Lipinski definition) is 3. The molecule has 3 heterocycles. The highest BCUT2D eigenvalue weighted by Gasteiger charge is 2.31. The first-order chi connectivity index (χ1) is 17.8. The molecule has 3 aromatic heterocycles. The number of nitrogens with one attached hydrogen (secondary N) is 3. The molecule has 37 heavy (non-hydrogen) atoms. The monoisotopic (exact) mass is 532 g/mol. The van der Waals surface area contributed by atoms with Crippen molar-refractivity contribution in [2.24, 2.45) is 0 Å². The molecule has 0 saturated carbocycles. The van der Waals surface area contributed by atoms with Crippen molar-refractivity contribution in [1.82, 2.24) is 25.4 Å². The lowest BCUT2D eigenvalue weighted by atomic mass is 9.69. The molecule has 1 unspecified atom stereocenters. The molecule has 13 heteroatoms. The first-order valence-electron chi connectivity index (χ1n) is 10.6. The van der Waals surface area contributed by atoms with Crippen LogP contribution in [0.5, 0.6) is 0 Å². The standard InChI is InChI=1S/C24H13BCl2F2N8/c25-24(20-11-33-37-36-20,13-1-3-14(26)4-2-13)35-15-5-17-21(34-16-7-19(28)23(29)32-10-16)12(8-30)9-31-22(17)18(27)6-15/h1-7,9-11,35H,(H,31,34)(H,33,36,37). The van der Waals surface area contributed by atoms with Crippen LogP contribution in [0.4, 0.5) is 25.8 Å². The first kappa shape index (κ1) is 24.4. The average molecular weight is 533 g/mol. The van der Waals surface area contributed by atoms with Crippen LogP contribution in [0.25, 0.3) is 10.9 Å². The molecule has 5 rings (SSSR count).